The lowest BCUT2D eigenvalue weighted by molar-refractivity contribution is -0.147. The van der Waals surface area contributed by atoms with Crippen molar-refractivity contribution in [2.24, 2.45) is 5.73 Å². The van der Waals surface area contributed by atoms with Crippen molar-refractivity contribution >= 4 is 46.9 Å². The second kappa shape index (κ2) is 6.19. The normalized spacial score (nSPS) is 24.3. The molecule has 2 aliphatic heterocycles. The molecule has 0 bridgehead atoms. The fourth-order valence-corrected chi connectivity index (χ4v) is 5.41. The number of aromatic nitrogens is 2. The largest absolute Gasteiger partial charge is 0.477 e. The van der Waals surface area contributed by atoms with Gasteiger partial charge in [-0.1, -0.05) is 18.7 Å². The maximum absolute atomic E-state index is 11.8. The molecular formula is C12H14N4O3S3. The molecule has 2 atom stereocenters. The topological polar surface area (TPSA) is 109 Å². The summed E-state index contributed by atoms with van der Waals surface area (Å²) in [6.45, 7) is 1.98. The molecule has 1 amide bonds. The quantitative estimate of drug-likeness (QED) is 0.587. The van der Waals surface area contributed by atoms with Crippen LogP contribution in [0.2, 0.25) is 0 Å². The number of nitrogens with zero attached hydrogens (tertiary/aromatic N) is 3. The van der Waals surface area contributed by atoms with Crippen LogP contribution >= 0.6 is 35.1 Å². The van der Waals surface area contributed by atoms with E-state index in [1.165, 1.54) is 40.0 Å². The van der Waals surface area contributed by atoms with E-state index < -0.39 is 12.0 Å². The Morgan fingerprint density at radius 2 is 2.36 bits per heavy atom. The van der Waals surface area contributed by atoms with Crippen LogP contribution in [0.1, 0.15) is 12.7 Å². The van der Waals surface area contributed by atoms with Gasteiger partial charge in [0.1, 0.15) is 22.9 Å². The maximum Gasteiger partial charge on any atom is 0.352 e. The smallest absolute Gasteiger partial charge is 0.352 e. The highest BCUT2D eigenvalue weighted by Gasteiger charge is 2.51. The molecule has 0 aliphatic carbocycles. The van der Waals surface area contributed by atoms with Crippen molar-refractivity contribution in [3.05, 3.63) is 17.1 Å². The van der Waals surface area contributed by atoms with Gasteiger partial charge in [-0.15, -0.1) is 11.8 Å². The predicted molar refractivity (Wildman–Crippen MR) is 85.7 cm³/mol. The van der Waals surface area contributed by atoms with E-state index in [0.29, 0.717) is 11.5 Å². The van der Waals surface area contributed by atoms with Crippen LogP contribution < -0.4 is 5.73 Å². The van der Waals surface area contributed by atoms with Gasteiger partial charge in [0, 0.05) is 17.9 Å². The predicted octanol–water partition coefficient (Wildman–Crippen LogP) is 0.774. The number of carboxylic acids is 1. The Labute approximate surface area is 139 Å². The Balaban J connectivity index is 1.78. The van der Waals surface area contributed by atoms with Gasteiger partial charge in [-0.3, -0.25) is 9.69 Å². The van der Waals surface area contributed by atoms with Crippen molar-refractivity contribution in [3.63, 3.8) is 0 Å². The van der Waals surface area contributed by atoms with Gasteiger partial charge < -0.3 is 10.8 Å². The number of aliphatic carboxylic acids is 1. The number of carbonyl (C=O) groups is 2. The number of fused-ring (bicyclic) bond motifs is 1. The highest BCUT2D eigenvalue weighted by Crippen LogP contribution is 2.40. The van der Waals surface area contributed by atoms with Crippen molar-refractivity contribution in [1.82, 2.24) is 14.3 Å². The van der Waals surface area contributed by atoms with Gasteiger partial charge in [0.2, 0.25) is 5.91 Å². The number of aryl methyl sites for hydroxylation is 1. The summed E-state index contributed by atoms with van der Waals surface area (Å²) in [5.74, 6) is 0.449. The number of hydrogen-bond acceptors (Lipinski definition) is 8. The third-order valence-electron chi connectivity index (χ3n) is 3.43. The average molecular weight is 358 g/mol. The molecule has 0 radical (unpaired) electrons. The van der Waals surface area contributed by atoms with Gasteiger partial charge in [-0.2, -0.15) is 4.37 Å². The molecule has 0 saturated carbocycles. The van der Waals surface area contributed by atoms with E-state index in [0.717, 1.165) is 22.2 Å². The molecular weight excluding hydrogens is 344 g/mol. The second-order valence-corrected chi connectivity index (χ2v) is 7.89. The molecule has 2 aliphatic rings. The molecule has 1 unspecified atom stereocenters. The minimum absolute atomic E-state index is 0.0863. The van der Waals surface area contributed by atoms with E-state index in [1.807, 2.05) is 6.92 Å². The van der Waals surface area contributed by atoms with E-state index in [4.69, 9.17) is 5.73 Å². The number of amides is 1. The molecule has 0 aromatic carbocycles. The molecule has 1 saturated heterocycles. The van der Waals surface area contributed by atoms with Crippen molar-refractivity contribution in [1.29, 1.82) is 0 Å². The zero-order chi connectivity index (χ0) is 15.9. The minimum Gasteiger partial charge on any atom is -0.477 e. The van der Waals surface area contributed by atoms with Gasteiger partial charge >= 0.3 is 5.97 Å². The summed E-state index contributed by atoms with van der Waals surface area (Å²) >= 11 is 4.28. The van der Waals surface area contributed by atoms with Crippen LogP contribution in [0.4, 0.5) is 0 Å². The van der Waals surface area contributed by atoms with Crippen LogP contribution in [0, 0.1) is 0 Å². The molecule has 0 spiro atoms. The molecule has 3 N–H and O–H groups in total. The average Bonchev–Trinajstić information content (AvgIpc) is 2.99. The lowest BCUT2D eigenvalue weighted by atomic mass is 10.0. The fourth-order valence-electron chi connectivity index (χ4n) is 2.28. The van der Waals surface area contributed by atoms with Gasteiger partial charge in [-0.25, -0.2) is 9.78 Å². The minimum atomic E-state index is -1.08. The first-order valence-corrected chi connectivity index (χ1v) is 9.44. The zero-order valence-corrected chi connectivity index (χ0v) is 14.1. The first-order valence-electron chi connectivity index (χ1n) is 6.64. The summed E-state index contributed by atoms with van der Waals surface area (Å²) in [6.07, 6.45) is 0.776. The number of carboxylic acid groups (broad SMARTS) is 1. The Morgan fingerprint density at radius 3 is 3.00 bits per heavy atom. The van der Waals surface area contributed by atoms with Crippen molar-refractivity contribution in [2.45, 2.75) is 29.1 Å². The van der Waals surface area contributed by atoms with Crippen LogP contribution in [0.15, 0.2) is 15.6 Å². The van der Waals surface area contributed by atoms with E-state index >= 15 is 0 Å². The van der Waals surface area contributed by atoms with Crippen molar-refractivity contribution in [2.75, 3.05) is 11.5 Å². The first kappa shape index (κ1) is 15.8. The Bertz CT molecular complexity index is 660. The van der Waals surface area contributed by atoms with Gasteiger partial charge in [0.15, 0.2) is 4.34 Å². The van der Waals surface area contributed by atoms with E-state index in [1.54, 1.807) is 0 Å². The SMILES string of the molecule is CCc1nsc(SCC2=C(C(=O)O)N3C(=O)C(N)[C@H]3SC2)n1. The number of thioether (sulfide) groups is 2. The number of nitrogens with two attached hydrogens (primary N) is 1. The maximum atomic E-state index is 11.8. The fraction of sp³-hybridized carbons (Fsp3) is 0.500. The third-order valence-corrected chi connectivity index (χ3v) is 6.74. The Hall–Kier alpha value is -1.10. The van der Waals surface area contributed by atoms with E-state index in [-0.39, 0.29) is 17.0 Å². The number of rotatable bonds is 5. The van der Waals surface area contributed by atoms with Crippen LogP contribution in [-0.2, 0) is 16.0 Å². The third kappa shape index (κ3) is 2.64. The summed E-state index contributed by atoms with van der Waals surface area (Å²) in [5, 5.41) is 9.19. The number of carbonyl (C=O) groups excluding carboxylic acids is 1. The van der Waals surface area contributed by atoms with Crippen LogP contribution in [0.3, 0.4) is 0 Å². The van der Waals surface area contributed by atoms with Gasteiger partial charge in [-0.05, 0) is 17.1 Å². The summed E-state index contributed by atoms with van der Waals surface area (Å²) in [6, 6.07) is -0.594. The lowest BCUT2D eigenvalue weighted by Crippen LogP contribution is -2.68. The van der Waals surface area contributed by atoms with E-state index in [9.17, 15) is 14.7 Å². The summed E-state index contributed by atoms with van der Waals surface area (Å²) < 4.78 is 5.02. The number of β-lactam (4-membered cyclic amide) rings is 1. The molecule has 1 aromatic heterocycles. The zero-order valence-electron chi connectivity index (χ0n) is 11.7. The van der Waals surface area contributed by atoms with E-state index in [2.05, 4.69) is 9.36 Å². The molecule has 10 heteroatoms. The molecule has 22 heavy (non-hydrogen) atoms. The van der Waals surface area contributed by atoms with Gasteiger partial charge in [0.05, 0.1) is 0 Å². The van der Waals surface area contributed by atoms with Crippen LogP contribution in [0.25, 0.3) is 0 Å². The lowest BCUT2D eigenvalue weighted by Gasteiger charge is -2.48. The van der Waals surface area contributed by atoms with Crippen LogP contribution in [-0.4, -0.2) is 54.2 Å². The standard InChI is InChI=1S/C12H14N4O3S3/c1-2-6-14-12(22-15-6)21-4-5-3-20-10-7(13)9(17)16(10)8(5)11(18)19/h7,10H,2-4,13H2,1H3,(H,18,19)/t7?,10-/m1/s1. The second-order valence-electron chi connectivity index (χ2n) is 4.81. The monoisotopic (exact) mass is 358 g/mol. The molecule has 3 rings (SSSR count). The first-order chi connectivity index (χ1) is 10.5. The number of hydrogen-bond donors (Lipinski definition) is 2. The molecule has 118 valence electrons. The van der Waals surface area contributed by atoms with Crippen molar-refractivity contribution in [3.8, 4) is 0 Å². The summed E-state index contributed by atoms with van der Waals surface area (Å²) in [5.41, 5.74) is 6.53. The Kier molecular flexibility index (Phi) is 4.44. The molecule has 7 nitrogen and oxygen atoms in total. The van der Waals surface area contributed by atoms with Gasteiger partial charge in [0.25, 0.3) is 0 Å². The van der Waals surface area contributed by atoms with Crippen LogP contribution in [0.5, 0.6) is 0 Å². The van der Waals surface area contributed by atoms with Crippen molar-refractivity contribution < 1.29 is 14.7 Å². The molecule has 1 aromatic rings. The highest BCUT2D eigenvalue weighted by molar-refractivity contribution is 8.01. The molecule has 1 fully saturated rings. The Morgan fingerprint density at radius 1 is 1.59 bits per heavy atom. The summed E-state index contributed by atoms with van der Waals surface area (Å²) in [7, 11) is 0. The summed E-state index contributed by atoms with van der Waals surface area (Å²) in [4.78, 5) is 29.0. The highest BCUT2D eigenvalue weighted by atomic mass is 32.2. The molecule has 3 heterocycles.